The fourth-order valence-corrected chi connectivity index (χ4v) is 1.98. The maximum absolute atomic E-state index is 13.6. The molecular weight excluding hydrogens is 259 g/mol. The lowest BCUT2D eigenvalue weighted by Crippen LogP contribution is -2.33. The Labute approximate surface area is 112 Å². The summed E-state index contributed by atoms with van der Waals surface area (Å²) in [4.78, 5) is 2.45. The van der Waals surface area contributed by atoms with Crippen LogP contribution in [0.1, 0.15) is 18.9 Å². The van der Waals surface area contributed by atoms with Gasteiger partial charge in [-0.2, -0.15) is 0 Å². The van der Waals surface area contributed by atoms with Gasteiger partial charge in [-0.1, -0.05) is 36.8 Å². The van der Waals surface area contributed by atoms with Gasteiger partial charge in [-0.05, 0) is 25.1 Å². The topological polar surface area (TPSA) is 29.3 Å². The van der Waals surface area contributed by atoms with Gasteiger partial charge in [0.2, 0.25) is 0 Å². The minimum absolute atomic E-state index is 0.290. The second-order valence-corrected chi connectivity index (χ2v) is 4.87. The maximum Gasteiger partial charge on any atom is 0.129 e. The van der Waals surface area contributed by atoms with Gasteiger partial charge >= 0.3 is 0 Å². The molecule has 0 spiro atoms. The third-order valence-electron chi connectivity index (χ3n) is 2.33. The lowest BCUT2D eigenvalue weighted by molar-refractivity contribution is 0.299. The van der Waals surface area contributed by atoms with Gasteiger partial charge in [-0.25, -0.2) is 4.39 Å². The lowest BCUT2D eigenvalue weighted by Gasteiger charge is -2.21. The van der Waals surface area contributed by atoms with Gasteiger partial charge in [0, 0.05) is 23.7 Å². The zero-order valence-corrected chi connectivity index (χ0v) is 11.3. The molecule has 2 N–H and O–H groups in total. The van der Waals surface area contributed by atoms with Gasteiger partial charge in [-0.3, -0.25) is 4.90 Å². The highest BCUT2D eigenvalue weighted by atomic mass is 35.5. The number of hydrogen-bond acceptors (Lipinski definition) is 2. The van der Waals surface area contributed by atoms with Crippen LogP contribution in [0, 0.1) is 5.82 Å². The number of benzene rings is 1. The van der Waals surface area contributed by atoms with Gasteiger partial charge in [0.1, 0.15) is 5.82 Å². The molecule has 0 amide bonds. The molecule has 5 heteroatoms. The van der Waals surface area contributed by atoms with Crippen LogP contribution in [-0.2, 0) is 6.54 Å². The van der Waals surface area contributed by atoms with Crippen LogP contribution in [0.25, 0.3) is 0 Å². The van der Waals surface area contributed by atoms with E-state index in [0.717, 1.165) is 13.0 Å². The molecule has 0 aliphatic heterocycles. The molecular formula is C12H16ClFN2S. The molecule has 17 heavy (non-hydrogen) atoms. The molecule has 2 nitrogen and oxygen atoms in total. The molecule has 0 saturated heterocycles. The van der Waals surface area contributed by atoms with E-state index in [0.29, 0.717) is 28.7 Å². The smallest absolute Gasteiger partial charge is 0.129 e. The minimum atomic E-state index is -0.290. The van der Waals surface area contributed by atoms with Crippen molar-refractivity contribution in [3.05, 3.63) is 34.6 Å². The maximum atomic E-state index is 13.6. The molecule has 0 atom stereocenters. The van der Waals surface area contributed by atoms with E-state index in [2.05, 4.69) is 6.92 Å². The van der Waals surface area contributed by atoms with Crippen LogP contribution in [0.15, 0.2) is 18.2 Å². The summed E-state index contributed by atoms with van der Waals surface area (Å²) in [5, 5.41) is 0.405. The fraction of sp³-hybridized carbons (Fsp3) is 0.417. The van der Waals surface area contributed by atoms with Crippen LogP contribution < -0.4 is 5.73 Å². The largest absolute Gasteiger partial charge is 0.392 e. The first kappa shape index (κ1) is 14.4. The molecule has 94 valence electrons. The Balaban J connectivity index is 2.74. The van der Waals surface area contributed by atoms with Crippen LogP contribution in [0.3, 0.4) is 0 Å². The van der Waals surface area contributed by atoms with E-state index in [-0.39, 0.29) is 5.82 Å². The molecule has 1 aromatic carbocycles. The molecule has 0 saturated carbocycles. The summed E-state index contributed by atoms with van der Waals surface area (Å²) in [5.74, 6) is -0.290. The van der Waals surface area contributed by atoms with Crippen molar-refractivity contribution in [1.29, 1.82) is 0 Å². The number of rotatable bonds is 6. The quantitative estimate of drug-likeness (QED) is 0.809. The molecule has 0 unspecified atom stereocenters. The van der Waals surface area contributed by atoms with Crippen molar-refractivity contribution >= 4 is 28.8 Å². The van der Waals surface area contributed by atoms with E-state index >= 15 is 0 Å². The highest BCUT2D eigenvalue weighted by Crippen LogP contribution is 2.16. The Morgan fingerprint density at radius 3 is 2.76 bits per heavy atom. The van der Waals surface area contributed by atoms with Gasteiger partial charge in [0.25, 0.3) is 0 Å². The van der Waals surface area contributed by atoms with E-state index in [4.69, 9.17) is 29.6 Å². The summed E-state index contributed by atoms with van der Waals surface area (Å²) >= 11 is 10.6. The second-order valence-electron chi connectivity index (χ2n) is 3.91. The highest BCUT2D eigenvalue weighted by Gasteiger charge is 2.10. The molecule has 1 rings (SSSR count). The number of thiocarbonyl (C=S) groups is 1. The first-order chi connectivity index (χ1) is 8.02. The molecule has 0 bridgehead atoms. The number of hydrogen-bond donors (Lipinski definition) is 1. The molecule has 0 radical (unpaired) electrons. The van der Waals surface area contributed by atoms with E-state index in [9.17, 15) is 4.39 Å². The highest BCUT2D eigenvalue weighted by molar-refractivity contribution is 7.80. The zero-order valence-electron chi connectivity index (χ0n) is 9.75. The van der Waals surface area contributed by atoms with Crippen molar-refractivity contribution in [2.24, 2.45) is 5.73 Å². The third-order valence-corrected chi connectivity index (χ3v) is 2.69. The van der Waals surface area contributed by atoms with Gasteiger partial charge < -0.3 is 5.73 Å². The second kappa shape index (κ2) is 6.89. The Hall–Kier alpha value is -0.710. The average Bonchev–Trinajstić information content (AvgIpc) is 2.21. The van der Waals surface area contributed by atoms with Crippen LogP contribution in [0.2, 0.25) is 5.02 Å². The third kappa shape index (κ3) is 4.98. The van der Waals surface area contributed by atoms with Crippen molar-refractivity contribution in [1.82, 2.24) is 4.90 Å². The molecule has 0 aromatic heterocycles. The number of nitrogens with two attached hydrogens (primary N) is 1. The first-order valence-corrected chi connectivity index (χ1v) is 6.26. The number of halogens is 2. The summed E-state index contributed by atoms with van der Waals surface area (Å²) in [6.07, 6.45) is 0.970. The summed E-state index contributed by atoms with van der Waals surface area (Å²) in [6.45, 7) is 3.89. The summed E-state index contributed by atoms with van der Waals surface area (Å²) in [6, 6.07) is 4.70. The SMILES string of the molecule is CCCN(CC(N)=S)Cc1ccc(Cl)cc1F. The molecule has 0 aliphatic rings. The predicted molar refractivity (Wildman–Crippen MR) is 73.8 cm³/mol. The molecule has 0 heterocycles. The Morgan fingerprint density at radius 2 is 2.24 bits per heavy atom. The predicted octanol–water partition coefficient (Wildman–Crippen LogP) is 2.98. The average molecular weight is 275 g/mol. The zero-order chi connectivity index (χ0) is 12.8. The van der Waals surface area contributed by atoms with E-state index in [1.54, 1.807) is 12.1 Å². The van der Waals surface area contributed by atoms with Crippen molar-refractivity contribution in [2.45, 2.75) is 19.9 Å². The Bertz CT molecular complexity index is 398. The number of nitrogens with zero attached hydrogens (tertiary/aromatic N) is 1. The summed E-state index contributed by atoms with van der Waals surface area (Å²) < 4.78 is 13.6. The van der Waals surface area contributed by atoms with Crippen molar-refractivity contribution in [3.8, 4) is 0 Å². The van der Waals surface area contributed by atoms with Gasteiger partial charge in [-0.15, -0.1) is 0 Å². The van der Waals surface area contributed by atoms with E-state index in [1.165, 1.54) is 6.07 Å². The monoisotopic (exact) mass is 274 g/mol. The first-order valence-electron chi connectivity index (χ1n) is 5.47. The van der Waals surface area contributed by atoms with Gasteiger partial charge in [0.15, 0.2) is 0 Å². The Morgan fingerprint density at radius 1 is 1.53 bits per heavy atom. The van der Waals surface area contributed by atoms with Crippen molar-refractivity contribution in [2.75, 3.05) is 13.1 Å². The van der Waals surface area contributed by atoms with Crippen LogP contribution in [0.4, 0.5) is 4.39 Å². The minimum Gasteiger partial charge on any atom is -0.392 e. The fourth-order valence-electron chi connectivity index (χ4n) is 1.64. The van der Waals surface area contributed by atoms with E-state index in [1.807, 2.05) is 4.90 Å². The summed E-state index contributed by atoms with van der Waals surface area (Å²) in [7, 11) is 0. The van der Waals surface area contributed by atoms with Crippen LogP contribution in [-0.4, -0.2) is 23.0 Å². The van der Waals surface area contributed by atoms with Crippen molar-refractivity contribution in [3.63, 3.8) is 0 Å². The van der Waals surface area contributed by atoms with Gasteiger partial charge in [0.05, 0.1) is 4.99 Å². The molecule has 0 fully saturated rings. The molecule has 1 aromatic rings. The summed E-state index contributed by atoms with van der Waals surface area (Å²) in [5.41, 5.74) is 6.12. The van der Waals surface area contributed by atoms with Crippen molar-refractivity contribution < 1.29 is 4.39 Å². The van der Waals surface area contributed by atoms with Crippen LogP contribution >= 0.6 is 23.8 Å². The standard InChI is InChI=1S/C12H16ClFN2S/c1-2-5-16(8-12(15)17)7-9-3-4-10(13)6-11(9)14/h3-4,6H,2,5,7-8H2,1H3,(H2,15,17). The Kier molecular flexibility index (Phi) is 5.82. The normalized spacial score (nSPS) is 10.8. The van der Waals surface area contributed by atoms with Crippen LogP contribution in [0.5, 0.6) is 0 Å². The lowest BCUT2D eigenvalue weighted by atomic mass is 10.2. The molecule has 0 aliphatic carbocycles. The van der Waals surface area contributed by atoms with E-state index < -0.39 is 0 Å².